The van der Waals surface area contributed by atoms with Gasteiger partial charge in [-0.3, -0.25) is 4.79 Å². The van der Waals surface area contributed by atoms with E-state index in [1.807, 2.05) is 0 Å². The molecule has 0 bridgehead atoms. The number of carbonyl (C=O) groups is 1. The molecule has 0 aliphatic carbocycles. The maximum Gasteiger partial charge on any atom is 0.256 e. The normalized spacial score (nSPS) is 10.4. The first kappa shape index (κ1) is 15.6. The molecule has 20 heavy (non-hydrogen) atoms. The molecule has 0 unspecified atom stereocenters. The van der Waals surface area contributed by atoms with E-state index in [0.29, 0.717) is 25.8 Å². The van der Waals surface area contributed by atoms with Crippen LogP contribution in [0.3, 0.4) is 0 Å². The van der Waals surface area contributed by atoms with Gasteiger partial charge in [0.25, 0.3) is 5.91 Å². The molecule has 104 valence electrons. The van der Waals surface area contributed by atoms with Crippen molar-refractivity contribution in [3.05, 3.63) is 55.1 Å². The van der Waals surface area contributed by atoms with Crippen molar-refractivity contribution >= 4 is 62.5 Å². The van der Waals surface area contributed by atoms with E-state index in [0.717, 1.165) is 0 Å². The van der Waals surface area contributed by atoms with Crippen LogP contribution in [0, 0.1) is 6.92 Å². The second-order valence-electron chi connectivity index (χ2n) is 4.00. The first-order chi connectivity index (χ1) is 9.36. The molecule has 2 rings (SSSR count). The predicted molar refractivity (Wildman–Crippen MR) is 86.1 cm³/mol. The van der Waals surface area contributed by atoms with Crippen molar-refractivity contribution in [3.63, 3.8) is 0 Å². The number of hydrogen-bond acceptors (Lipinski definition) is 2. The number of pyridine rings is 1. The number of nitrogens with zero attached hydrogens (tertiary/aromatic N) is 1. The minimum absolute atomic E-state index is 0.259. The number of rotatable bonds is 2. The Morgan fingerprint density at radius 2 is 1.85 bits per heavy atom. The lowest BCUT2D eigenvalue weighted by Crippen LogP contribution is -2.13. The quantitative estimate of drug-likeness (QED) is 0.745. The summed E-state index contributed by atoms with van der Waals surface area (Å²) in [5.74, 6) is -0.0982. The Balaban J connectivity index is 2.30. The van der Waals surface area contributed by atoms with Crippen LogP contribution in [0.5, 0.6) is 0 Å². The van der Waals surface area contributed by atoms with Gasteiger partial charge >= 0.3 is 0 Å². The van der Waals surface area contributed by atoms with Crippen molar-refractivity contribution in [3.8, 4) is 0 Å². The lowest BCUT2D eigenvalue weighted by molar-refractivity contribution is 0.102. The second-order valence-corrected chi connectivity index (χ2v) is 6.16. The van der Waals surface area contributed by atoms with Crippen molar-refractivity contribution < 1.29 is 4.79 Å². The molecule has 0 fully saturated rings. The molecule has 1 N–H and O–H groups in total. The van der Waals surface area contributed by atoms with E-state index in [1.165, 1.54) is 6.07 Å². The number of aryl methyl sites for hydroxylation is 1. The summed E-state index contributed by atoms with van der Waals surface area (Å²) in [5, 5.41) is 3.80. The van der Waals surface area contributed by atoms with Gasteiger partial charge in [0, 0.05) is 15.1 Å². The summed E-state index contributed by atoms with van der Waals surface area (Å²) < 4.78 is 0.710. The van der Waals surface area contributed by atoms with E-state index >= 15 is 0 Å². The Morgan fingerprint density at radius 3 is 2.50 bits per heavy atom. The van der Waals surface area contributed by atoms with Gasteiger partial charge in [0.15, 0.2) is 5.82 Å². The van der Waals surface area contributed by atoms with Crippen LogP contribution in [0.2, 0.25) is 15.1 Å². The Hall–Kier alpha value is -0.810. The zero-order chi connectivity index (χ0) is 14.9. The molecule has 7 heteroatoms. The van der Waals surface area contributed by atoms with E-state index in [-0.39, 0.29) is 16.7 Å². The molecule has 1 heterocycles. The number of aromatic nitrogens is 1. The largest absolute Gasteiger partial charge is 0.305 e. The number of benzene rings is 1. The van der Waals surface area contributed by atoms with Gasteiger partial charge < -0.3 is 5.32 Å². The summed E-state index contributed by atoms with van der Waals surface area (Å²) in [5.41, 5.74) is 0.980. The van der Waals surface area contributed by atoms with Gasteiger partial charge in [-0.2, -0.15) is 0 Å². The average molecular weight is 394 g/mol. The van der Waals surface area contributed by atoms with Crippen LogP contribution in [-0.4, -0.2) is 10.9 Å². The monoisotopic (exact) mass is 392 g/mol. The summed E-state index contributed by atoms with van der Waals surface area (Å²) in [4.78, 5) is 16.3. The predicted octanol–water partition coefficient (Wildman–Crippen LogP) is 5.37. The Kier molecular flexibility index (Phi) is 4.91. The van der Waals surface area contributed by atoms with Crippen molar-refractivity contribution in [2.75, 3.05) is 5.32 Å². The fourth-order valence-corrected chi connectivity index (χ4v) is 2.78. The van der Waals surface area contributed by atoms with E-state index in [4.69, 9.17) is 34.8 Å². The highest BCUT2D eigenvalue weighted by atomic mass is 79.9. The fourth-order valence-electron chi connectivity index (χ4n) is 1.51. The summed E-state index contributed by atoms with van der Waals surface area (Å²) in [6, 6.07) is 6.43. The third-order valence-corrected chi connectivity index (χ3v) is 3.81. The zero-order valence-electron chi connectivity index (χ0n) is 10.2. The van der Waals surface area contributed by atoms with E-state index in [2.05, 4.69) is 26.2 Å². The molecule has 0 radical (unpaired) electrons. The molecular weight excluding hydrogens is 386 g/mol. The fraction of sp³-hybridized carbons (Fsp3) is 0.0769. The first-order valence-electron chi connectivity index (χ1n) is 5.47. The van der Waals surface area contributed by atoms with Gasteiger partial charge in [-0.05, 0) is 31.2 Å². The second kappa shape index (κ2) is 6.31. The summed E-state index contributed by atoms with van der Waals surface area (Å²) in [7, 11) is 0. The van der Waals surface area contributed by atoms with Gasteiger partial charge in [-0.1, -0.05) is 50.7 Å². The molecule has 0 saturated carbocycles. The molecule has 0 saturated heterocycles. The minimum Gasteiger partial charge on any atom is -0.305 e. The molecule has 1 aromatic carbocycles. The van der Waals surface area contributed by atoms with Crippen LogP contribution in [0.1, 0.15) is 16.1 Å². The average Bonchev–Trinajstić information content (AvgIpc) is 2.34. The number of amides is 1. The van der Waals surface area contributed by atoms with Crippen LogP contribution in [0.25, 0.3) is 0 Å². The first-order valence-corrected chi connectivity index (χ1v) is 7.39. The van der Waals surface area contributed by atoms with Gasteiger partial charge in [0.05, 0.1) is 15.7 Å². The number of carbonyl (C=O) groups excluding carboxylic acids is 1. The molecule has 3 nitrogen and oxygen atoms in total. The van der Waals surface area contributed by atoms with Gasteiger partial charge in [-0.25, -0.2) is 4.98 Å². The van der Waals surface area contributed by atoms with Gasteiger partial charge in [-0.15, -0.1) is 0 Å². The topological polar surface area (TPSA) is 42.0 Å². The number of hydrogen-bond donors (Lipinski definition) is 1. The SMILES string of the molecule is Cc1nc(NC(=O)c2cc(Cl)cc(Br)c2)c(Cl)cc1Cl. The van der Waals surface area contributed by atoms with Crippen LogP contribution in [0.4, 0.5) is 5.82 Å². The molecule has 0 aliphatic rings. The number of halogens is 4. The Morgan fingerprint density at radius 1 is 1.15 bits per heavy atom. The molecule has 2 aromatic rings. The third-order valence-electron chi connectivity index (χ3n) is 2.46. The maximum absolute atomic E-state index is 12.1. The summed E-state index contributed by atoms with van der Waals surface area (Å²) in [6.45, 7) is 1.73. The number of anilines is 1. The highest BCUT2D eigenvalue weighted by Gasteiger charge is 2.12. The van der Waals surface area contributed by atoms with Gasteiger partial charge in [0.2, 0.25) is 0 Å². The highest BCUT2D eigenvalue weighted by Crippen LogP contribution is 2.26. The highest BCUT2D eigenvalue weighted by molar-refractivity contribution is 9.10. The summed E-state index contributed by atoms with van der Waals surface area (Å²) >= 11 is 21.1. The third kappa shape index (κ3) is 3.64. The lowest BCUT2D eigenvalue weighted by atomic mass is 10.2. The van der Waals surface area contributed by atoms with E-state index in [1.54, 1.807) is 25.1 Å². The smallest absolute Gasteiger partial charge is 0.256 e. The number of nitrogens with one attached hydrogen (secondary N) is 1. The minimum atomic E-state index is -0.357. The van der Waals surface area contributed by atoms with Gasteiger partial charge in [0.1, 0.15) is 0 Å². The van der Waals surface area contributed by atoms with Crippen molar-refractivity contribution in [1.82, 2.24) is 4.98 Å². The van der Waals surface area contributed by atoms with Crippen molar-refractivity contribution in [2.45, 2.75) is 6.92 Å². The Labute approximate surface area is 139 Å². The molecular formula is C13H8BrCl3N2O. The molecule has 0 aliphatic heterocycles. The van der Waals surface area contributed by atoms with E-state index < -0.39 is 0 Å². The van der Waals surface area contributed by atoms with Crippen molar-refractivity contribution in [1.29, 1.82) is 0 Å². The lowest BCUT2D eigenvalue weighted by Gasteiger charge is -2.09. The Bertz CT molecular complexity index is 671. The summed E-state index contributed by atoms with van der Waals surface area (Å²) in [6.07, 6.45) is 0. The van der Waals surface area contributed by atoms with Crippen LogP contribution < -0.4 is 5.32 Å². The maximum atomic E-state index is 12.1. The van der Waals surface area contributed by atoms with Crippen LogP contribution in [-0.2, 0) is 0 Å². The van der Waals surface area contributed by atoms with Crippen LogP contribution in [0.15, 0.2) is 28.7 Å². The van der Waals surface area contributed by atoms with E-state index in [9.17, 15) is 4.79 Å². The standard InChI is InChI=1S/C13H8BrCl3N2O/c1-6-10(16)5-11(17)12(18-6)19-13(20)7-2-8(14)4-9(15)3-7/h2-5H,1H3,(H,18,19,20). The van der Waals surface area contributed by atoms with Crippen molar-refractivity contribution in [2.24, 2.45) is 0 Å². The molecule has 0 atom stereocenters. The molecule has 0 spiro atoms. The molecule has 1 amide bonds. The molecule has 1 aromatic heterocycles. The zero-order valence-corrected chi connectivity index (χ0v) is 14.0. The van der Waals surface area contributed by atoms with Crippen LogP contribution >= 0.6 is 50.7 Å².